The van der Waals surface area contributed by atoms with Gasteiger partial charge in [0.05, 0.1) is 10.6 Å². The molecule has 0 saturated carbocycles. The van der Waals surface area contributed by atoms with Crippen LogP contribution < -0.4 is 5.63 Å². The van der Waals surface area contributed by atoms with Gasteiger partial charge in [-0.15, -0.1) is 0 Å². The molecule has 1 atom stereocenters. The van der Waals surface area contributed by atoms with Crippen LogP contribution in [0, 0.1) is 12.8 Å². The van der Waals surface area contributed by atoms with Crippen molar-refractivity contribution in [3.8, 4) is 5.75 Å². The topological polar surface area (TPSA) is 53.7 Å². The van der Waals surface area contributed by atoms with Crippen LogP contribution in [0.1, 0.15) is 43.4 Å². The van der Waals surface area contributed by atoms with Crippen LogP contribution in [-0.4, -0.2) is 23.1 Å². The number of piperidine rings is 1. The predicted octanol–water partition coefficient (Wildman–Crippen LogP) is 4.25. The zero-order valence-corrected chi connectivity index (χ0v) is 15.2. The molecule has 4 nitrogen and oxygen atoms in total. The van der Waals surface area contributed by atoms with E-state index in [1.807, 2.05) is 13.8 Å². The lowest BCUT2D eigenvalue weighted by molar-refractivity contribution is 0.175. The highest BCUT2D eigenvalue weighted by Gasteiger charge is 2.23. The maximum Gasteiger partial charge on any atom is 0.339 e. The van der Waals surface area contributed by atoms with Gasteiger partial charge < -0.3 is 9.52 Å². The van der Waals surface area contributed by atoms with E-state index in [4.69, 9.17) is 16.0 Å². The molecule has 1 aliphatic heterocycles. The first-order valence-corrected chi connectivity index (χ1v) is 8.99. The van der Waals surface area contributed by atoms with Gasteiger partial charge in [-0.3, -0.25) is 4.90 Å². The van der Waals surface area contributed by atoms with Crippen LogP contribution in [0.5, 0.6) is 5.75 Å². The largest absolute Gasteiger partial charge is 0.506 e. The first-order valence-electron chi connectivity index (χ1n) is 8.61. The van der Waals surface area contributed by atoms with Gasteiger partial charge in [0.15, 0.2) is 0 Å². The Morgan fingerprint density at radius 2 is 2.17 bits per heavy atom. The summed E-state index contributed by atoms with van der Waals surface area (Å²) in [7, 11) is 0. The lowest BCUT2D eigenvalue weighted by atomic mass is 9.98. The first-order chi connectivity index (χ1) is 11.4. The smallest absolute Gasteiger partial charge is 0.339 e. The van der Waals surface area contributed by atoms with E-state index in [0.29, 0.717) is 40.6 Å². The second-order valence-electron chi connectivity index (χ2n) is 6.89. The van der Waals surface area contributed by atoms with Gasteiger partial charge in [0.25, 0.3) is 0 Å². The first kappa shape index (κ1) is 17.3. The van der Waals surface area contributed by atoms with E-state index in [1.165, 1.54) is 6.42 Å². The number of phenolic OH excluding ortho intramolecular Hbond substituents is 1. The van der Waals surface area contributed by atoms with E-state index in [-0.39, 0.29) is 11.4 Å². The number of likely N-dealkylation sites (tertiary alicyclic amines) is 1. The molecule has 0 aliphatic carbocycles. The summed E-state index contributed by atoms with van der Waals surface area (Å²) in [6.45, 7) is 8.58. The van der Waals surface area contributed by atoms with Crippen molar-refractivity contribution in [2.45, 2.75) is 46.6 Å². The number of aromatic hydroxyl groups is 1. The number of phenols is 1. The van der Waals surface area contributed by atoms with Gasteiger partial charge >= 0.3 is 5.63 Å². The molecule has 3 rings (SSSR count). The van der Waals surface area contributed by atoms with Crippen LogP contribution in [0.15, 0.2) is 15.3 Å². The summed E-state index contributed by atoms with van der Waals surface area (Å²) in [6, 6.07) is 1.70. The molecule has 0 unspecified atom stereocenters. The molecule has 24 heavy (non-hydrogen) atoms. The molecule has 0 radical (unpaired) electrons. The van der Waals surface area contributed by atoms with Gasteiger partial charge in [-0.05, 0) is 50.3 Å². The fraction of sp³-hybridized carbons (Fsp3) is 0.526. The molecule has 1 aromatic carbocycles. The second-order valence-corrected chi connectivity index (χ2v) is 7.30. The molecule has 1 saturated heterocycles. The number of aryl methyl sites for hydroxylation is 1. The van der Waals surface area contributed by atoms with Crippen LogP contribution in [0.4, 0.5) is 0 Å². The molecule has 0 bridgehead atoms. The number of benzene rings is 1. The third-order valence-electron chi connectivity index (χ3n) is 5.08. The molecule has 2 aromatic rings. The van der Waals surface area contributed by atoms with Gasteiger partial charge in [-0.1, -0.05) is 25.4 Å². The number of rotatable bonds is 3. The number of nitrogens with zero attached hydrogens (tertiary/aromatic N) is 1. The summed E-state index contributed by atoms with van der Waals surface area (Å²) in [5, 5.41) is 11.6. The van der Waals surface area contributed by atoms with Crippen molar-refractivity contribution in [1.29, 1.82) is 0 Å². The quantitative estimate of drug-likeness (QED) is 0.841. The van der Waals surface area contributed by atoms with Crippen molar-refractivity contribution < 1.29 is 9.52 Å². The average Bonchev–Trinajstić information content (AvgIpc) is 2.54. The third kappa shape index (κ3) is 3.05. The van der Waals surface area contributed by atoms with Gasteiger partial charge in [0.1, 0.15) is 11.3 Å². The molecule has 5 heteroatoms. The normalized spacial score (nSPS) is 19.1. The van der Waals surface area contributed by atoms with Crippen molar-refractivity contribution in [3.63, 3.8) is 0 Å². The van der Waals surface area contributed by atoms with Crippen LogP contribution in [0.2, 0.25) is 5.02 Å². The monoisotopic (exact) mass is 349 g/mol. The lowest BCUT2D eigenvalue weighted by Gasteiger charge is -2.31. The van der Waals surface area contributed by atoms with Gasteiger partial charge in [0, 0.05) is 24.0 Å². The molecular weight excluding hydrogens is 326 g/mol. The zero-order valence-electron chi connectivity index (χ0n) is 14.5. The molecule has 0 spiro atoms. The van der Waals surface area contributed by atoms with Crippen LogP contribution in [0.3, 0.4) is 0 Å². The minimum atomic E-state index is -0.322. The minimum absolute atomic E-state index is 0.0224. The Hall–Kier alpha value is -1.52. The highest BCUT2D eigenvalue weighted by Crippen LogP contribution is 2.37. The Balaban J connectivity index is 2.15. The summed E-state index contributed by atoms with van der Waals surface area (Å²) in [6.07, 6.45) is 2.98. The Morgan fingerprint density at radius 1 is 1.42 bits per heavy atom. The summed E-state index contributed by atoms with van der Waals surface area (Å²) in [5.41, 5.74) is 2.32. The standard InChI is InChI=1S/C19H24ClNO3/c1-4-13-12(3)14-8-16(20)17(22)15(18(14)24-19(13)23)10-21-7-5-6-11(2)9-21/h8,11,22H,4-7,9-10H2,1-3H3/t11-/m1/s1. The van der Waals surface area contributed by atoms with E-state index in [0.717, 1.165) is 30.5 Å². The fourth-order valence-corrected chi connectivity index (χ4v) is 3.97. The third-order valence-corrected chi connectivity index (χ3v) is 5.36. The molecule has 0 amide bonds. The SMILES string of the molecule is CCc1c(C)c2cc(Cl)c(O)c(CN3CCC[C@@H](C)C3)c2oc1=O. The Labute approximate surface area is 147 Å². The zero-order chi connectivity index (χ0) is 17.4. The maximum absolute atomic E-state index is 12.3. The molecular formula is C19H24ClNO3. The van der Waals surface area contributed by atoms with Crippen molar-refractivity contribution in [2.75, 3.05) is 13.1 Å². The van der Waals surface area contributed by atoms with Crippen LogP contribution in [0.25, 0.3) is 11.0 Å². The Morgan fingerprint density at radius 3 is 2.83 bits per heavy atom. The second kappa shape index (κ2) is 6.77. The van der Waals surface area contributed by atoms with Gasteiger partial charge in [0.2, 0.25) is 0 Å². The Bertz CT molecular complexity index is 828. The van der Waals surface area contributed by atoms with E-state index in [9.17, 15) is 9.90 Å². The van der Waals surface area contributed by atoms with Crippen molar-refractivity contribution in [1.82, 2.24) is 4.90 Å². The Kier molecular flexibility index (Phi) is 4.88. The highest BCUT2D eigenvalue weighted by molar-refractivity contribution is 6.33. The number of fused-ring (bicyclic) bond motifs is 1. The van der Waals surface area contributed by atoms with Crippen molar-refractivity contribution >= 4 is 22.6 Å². The number of hydrogen-bond donors (Lipinski definition) is 1. The molecule has 1 N–H and O–H groups in total. The summed E-state index contributed by atoms with van der Waals surface area (Å²) in [4.78, 5) is 14.6. The van der Waals surface area contributed by atoms with Crippen molar-refractivity contribution in [2.24, 2.45) is 5.92 Å². The fourth-order valence-electron chi connectivity index (χ4n) is 3.75. The van der Waals surface area contributed by atoms with E-state index in [1.54, 1.807) is 6.07 Å². The molecule has 1 fully saturated rings. The summed E-state index contributed by atoms with van der Waals surface area (Å²) < 4.78 is 5.60. The van der Waals surface area contributed by atoms with E-state index in [2.05, 4.69) is 11.8 Å². The minimum Gasteiger partial charge on any atom is -0.506 e. The highest BCUT2D eigenvalue weighted by atomic mass is 35.5. The van der Waals surface area contributed by atoms with Gasteiger partial charge in [-0.25, -0.2) is 4.79 Å². The van der Waals surface area contributed by atoms with Gasteiger partial charge in [-0.2, -0.15) is 0 Å². The number of halogens is 1. The van der Waals surface area contributed by atoms with E-state index >= 15 is 0 Å². The summed E-state index contributed by atoms with van der Waals surface area (Å²) in [5.74, 6) is 0.654. The lowest BCUT2D eigenvalue weighted by Crippen LogP contribution is -2.33. The molecule has 1 aromatic heterocycles. The molecule has 2 heterocycles. The van der Waals surface area contributed by atoms with E-state index < -0.39 is 0 Å². The predicted molar refractivity (Wildman–Crippen MR) is 96.9 cm³/mol. The average molecular weight is 350 g/mol. The molecule has 130 valence electrons. The maximum atomic E-state index is 12.3. The summed E-state index contributed by atoms with van der Waals surface area (Å²) >= 11 is 6.26. The number of hydrogen-bond acceptors (Lipinski definition) is 4. The molecule has 1 aliphatic rings. The van der Waals surface area contributed by atoms with Crippen LogP contribution >= 0.6 is 11.6 Å². The van der Waals surface area contributed by atoms with Crippen LogP contribution in [-0.2, 0) is 13.0 Å². The van der Waals surface area contributed by atoms with Crippen molar-refractivity contribution in [3.05, 3.63) is 38.2 Å².